The van der Waals surface area contributed by atoms with Gasteiger partial charge in [-0.1, -0.05) is 12.2 Å². The monoisotopic (exact) mass is 174 g/mol. The fraction of sp³-hybridized carbons (Fsp3) is 0.375. The molecule has 0 N–H and O–H groups in total. The van der Waals surface area contributed by atoms with Crippen molar-refractivity contribution in [2.24, 2.45) is 5.92 Å². The molecule has 2 unspecified atom stereocenters. The van der Waals surface area contributed by atoms with Crippen LogP contribution in [0.3, 0.4) is 0 Å². The molecule has 0 radical (unpaired) electrons. The van der Waals surface area contributed by atoms with E-state index in [0.717, 1.165) is 13.2 Å². The molecule has 2 nitrogen and oxygen atoms in total. The van der Waals surface area contributed by atoms with Crippen molar-refractivity contribution in [3.8, 4) is 0 Å². The Morgan fingerprint density at radius 2 is 2.42 bits per heavy atom. The lowest BCUT2D eigenvalue weighted by molar-refractivity contribution is -0.146. The molecule has 0 aromatic carbocycles. The van der Waals surface area contributed by atoms with E-state index in [1.807, 2.05) is 0 Å². The zero-order valence-corrected chi connectivity index (χ0v) is 6.46. The van der Waals surface area contributed by atoms with Crippen LogP contribution in [-0.2, 0) is 9.53 Å². The normalized spacial score (nSPS) is 34.6. The van der Waals surface area contributed by atoms with Gasteiger partial charge in [0.05, 0.1) is 5.92 Å². The molecule has 12 heavy (non-hydrogen) atoms. The van der Waals surface area contributed by atoms with Crippen molar-refractivity contribution < 1.29 is 18.3 Å². The molecule has 1 rings (SSSR count). The van der Waals surface area contributed by atoms with Gasteiger partial charge >= 0.3 is 0 Å². The molecule has 66 valence electrons. The van der Waals surface area contributed by atoms with E-state index in [4.69, 9.17) is 0 Å². The smallest absolute Gasteiger partial charge is 0.274 e. The van der Waals surface area contributed by atoms with Crippen molar-refractivity contribution in [3.05, 3.63) is 24.1 Å². The van der Waals surface area contributed by atoms with Crippen LogP contribution in [0.2, 0.25) is 0 Å². The number of hydrogen-bond donors (Lipinski definition) is 0. The maximum absolute atomic E-state index is 13.4. The molecule has 0 heterocycles. The number of ether oxygens (including phenoxy) is 1. The molecule has 0 saturated heterocycles. The first-order valence-corrected chi connectivity index (χ1v) is 3.39. The highest BCUT2D eigenvalue weighted by atomic mass is 19.2. The van der Waals surface area contributed by atoms with Gasteiger partial charge in [-0.3, -0.25) is 0 Å². The Balaban J connectivity index is 3.01. The maximum atomic E-state index is 13.4. The van der Waals surface area contributed by atoms with Crippen molar-refractivity contribution >= 4 is 6.29 Å². The molecule has 1 aliphatic carbocycles. The van der Waals surface area contributed by atoms with E-state index >= 15 is 0 Å². The summed E-state index contributed by atoms with van der Waals surface area (Å²) in [5, 5.41) is 0. The minimum atomic E-state index is -2.61. The van der Waals surface area contributed by atoms with E-state index in [2.05, 4.69) is 4.74 Å². The summed E-state index contributed by atoms with van der Waals surface area (Å²) in [6.07, 6.45) is 3.78. The average Bonchev–Trinajstić information content (AvgIpc) is 2.10. The largest absolute Gasteiger partial charge is 0.343 e. The van der Waals surface area contributed by atoms with Gasteiger partial charge in [-0.15, -0.1) is 0 Å². The van der Waals surface area contributed by atoms with Crippen molar-refractivity contribution in [3.63, 3.8) is 0 Å². The zero-order chi connectivity index (χ0) is 9.19. The fourth-order valence-corrected chi connectivity index (χ4v) is 1.02. The highest BCUT2D eigenvalue weighted by Gasteiger charge is 2.44. The first-order chi connectivity index (χ1) is 5.65. The summed E-state index contributed by atoms with van der Waals surface area (Å²) in [6, 6.07) is 0. The van der Waals surface area contributed by atoms with Crippen LogP contribution in [0.15, 0.2) is 24.1 Å². The second-order valence-electron chi connectivity index (χ2n) is 2.41. The first kappa shape index (κ1) is 9.06. The molecule has 0 saturated carbocycles. The summed E-state index contributed by atoms with van der Waals surface area (Å²) in [5.41, 5.74) is 0. The van der Waals surface area contributed by atoms with Gasteiger partial charge in [-0.2, -0.15) is 0 Å². The lowest BCUT2D eigenvalue weighted by Crippen LogP contribution is -2.37. The highest BCUT2D eigenvalue weighted by Crippen LogP contribution is 2.35. The van der Waals surface area contributed by atoms with Crippen LogP contribution >= 0.6 is 0 Å². The lowest BCUT2D eigenvalue weighted by Gasteiger charge is -2.27. The van der Waals surface area contributed by atoms with E-state index in [9.17, 15) is 13.6 Å². The van der Waals surface area contributed by atoms with Crippen molar-refractivity contribution in [2.75, 3.05) is 7.11 Å². The molecule has 0 amide bonds. The molecular formula is C8H8F2O2. The molecule has 0 aromatic heterocycles. The number of carbonyl (C=O) groups excluding carboxylic acids is 1. The van der Waals surface area contributed by atoms with Gasteiger partial charge in [-0.25, -0.2) is 8.78 Å². The van der Waals surface area contributed by atoms with E-state index in [1.165, 1.54) is 12.2 Å². The number of rotatable bonds is 2. The molecule has 0 bridgehead atoms. The Labute approximate surface area is 68.5 Å². The van der Waals surface area contributed by atoms with Gasteiger partial charge in [0.2, 0.25) is 0 Å². The Hall–Kier alpha value is -1.03. The van der Waals surface area contributed by atoms with E-state index in [1.54, 1.807) is 0 Å². The third-order valence-electron chi connectivity index (χ3n) is 1.76. The minimum absolute atomic E-state index is 0.312. The summed E-state index contributed by atoms with van der Waals surface area (Å²) in [4.78, 5) is 10.3. The SMILES string of the molecule is COC1(F)C(F)=CC=CC1C=O. The van der Waals surface area contributed by atoms with Gasteiger partial charge in [0, 0.05) is 7.11 Å². The van der Waals surface area contributed by atoms with Crippen molar-refractivity contribution in [1.29, 1.82) is 0 Å². The summed E-state index contributed by atoms with van der Waals surface area (Å²) in [5.74, 6) is -4.90. The van der Waals surface area contributed by atoms with Gasteiger partial charge in [0.25, 0.3) is 5.85 Å². The maximum Gasteiger partial charge on any atom is 0.274 e. The van der Waals surface area contributed by atoms with Crippen LogP contribution < -0.4 is 0 Å². The summed E-state index contributed by atoms with van der Waals surface area (Å²) in [7, 11) is 1.02. The Bertz CT molecular complexity index is 247. The topological polar surface area (TPSA) is 26.3 Å². The number of carbonyl (C=O) groups is 1. The number of alkyl halides is 1. The zero-order valence-electron chi connectivity index (χ0n) is 6.46. The van der Waals surface area contributed by atoms with Gasteiger partial charge in [0.15, 0.2) is 5.83 Å². The van der Waals surface area contributed by atoms with Crippen molar-refractivity contribution in [2.45, 2.75) is 5.85 Å². The molecule has 4 heteroatoms. The van der Waals surface area contributed by atoms with E-state index in [0.29, 0.717) is 6.29 Å². The predicted molar refractivity (Wildman–Crippen MR) is 38.7 cm³/mol. The Morgan fingerprint density at radius 3 is 2.83 bits per heavy atom. The minimum Gasteiger partial charge on any atom is -0.343 e. The van der Waals surface area contributed by atoms with Gasteiger partial charge in [-0.05, 0) is 6.08 Å². The predicted octanol–water partition coefficient (Wildman–Crippen LogP) is 1.54. The summed E-state index contributed by atoms with van der Waals surface area (Å²) >= 11 is 0. The summed E-state index contributed by atoms with van der Waals surface area (Å²) in [6.45, 7) is 0. The molecular weight excluding hydrogens is 166 g/mol. The number of halogens is 2. The van der Waals surface area contributed by atoms with Crippen LogP contribution in [0.25, 0.3) is 0 Å². The number of allylic oxidation sites excluding steroid dienone is 2. The van der Waals surface area contributed by atoms with Gasteiger partial charge < -0.3 is 9.53 Å². The van der Waals surface area contributed by atoms with E-state index < -0.39 is 17.6 Å². The number of methoxy groups -OCH3 is 1. The van der Waals surface area contributed by atoms with Gasteiger partial charge in [0.1, 0.15) is 6.29 Å². The third kappa shape index (κ3) is 1.18. The Kier molecular flexibility index (Phi) is 2.38. The quantitative estimate of drug-likeness (QED) is 0.593. The van der Waals surface area contributed by atoms with Crippen LogP contribution in [0.4, 0.5) is 8.78 Å². The third-order valence-corrected chi connectivity index (χ3v) is 1.76. The molecule has 0 fully saturated rings. The standard InChI is InChI=1S/C8H8F2O2/c1-12-8(10)6(5-11)3-2-4-7(8)9/h2-6H,1H3. The van der Waals surface area contributed by atoms with Crippen LogP contribution in [0.1, 0.15) is 0 Å². The number of hydrogen-bond acceptors (Lipinski definition) is 2. The molecule has 1 aliphatic rings. The second-order valence-corrected chi connectivity index (χ2v) is 2.41. The highest BCUT2D eigenvalue weighted by molar-refractivity contribution is 5.61. The van der Waals surface area contributed by atoms with Crippen LogP contribution in [0, 0.1) is 5.92 Å². The summed E-state index contributed by atoms with van der Waals surface area (Å²) < 4.78 is 30.5. The average molecular weight is 174 g/mol. The second kappa shape index (κ2) is 3.15. The van der Waals surface area contributed by atoms with Crippen LogP contribution in [0.5, 0.6) is 0 Å². The number of aldehydes is 1. The molecule has 0 aliphatic heterocycles. The van der Waals surface area contributed by atoms with Crippen LogP contribution in [-0.4, -0.2) is 19.3 Å². The van der Waals surface area contributed by atoms with E-state index in [-0.39, 0.29) is 0 Å². The fourth-order valence-electron chi connectivity index (χ4n) is 1.02. The molecule has 0 spiro atoms. The molecule has 0 aromatic rings. The molecule has 2 atom stereocenters. The lowest BCUT2D eigenvalue weighted by atomic mass is 9.96. The first-order valence-electron chi connectivity index (χ1n) is 3.39. The Morgan fingerprint density at radius 1 is 1.75 bits per heavy atom. The van der Waals surface area contributed by atoms with Crippen molar-refractivity contribution in [1.82, 2.24) is 0 Å².